The van der Waals surface area contributed by atoms with Crippen molar-refractivity contribution in [3.8, 4) is 0 Å². The number of nitrogens with one attached hydrogen (secondary N) is 2. The molecule has 204 valence electrons. The highest BCUT2D eigenvalue weighted by molar-refractivity contribution is 5.91. The van der Waals surface area contributed by atoms with Crippen molar-refractivity contribution in [2.75, 3.05) is 6.79 Å². The van der Waals surface area contributed by atoms with Crippen molar-refractivity contribution in [3.63, 3.8) is 0 Å². The van der Waals surface area contributed by atoms with Gasteiger partial charge in [0.2, 0.25) is 6.79 Å². The van der Waals surface area contributed by atoms with Crippen LogP contribution in [0.4, 0.5) is 26.3 Å². The minimum absolute atomic E-state index is 0.118. The van der Waals surface area contributed by atoms with Gasteiger partial charge in [-0.15, -0.1) is 0 Å². The van der Waals surface area contributed by atoms with Gasteiger partial charge in [-0.05, 0) is 59.7 Å². The standard InChI is InChI=1S/C25H18F6N4O4/c26-24(27,28)22(11-1-13-32-34-22)18-7-3-16(4-8-18)20(36)38-15-39-21(37)17-5-9-19(10-6-17)23(25(29,30)31)12-2-14-33-35-23/h1-14,34-35H,15H2. The molecule has 0 bridgehead atoms. The summed E-state index contributed by atoms with van der Waals surface area (Å²) in [6.45, 7) is -0.849. The van der Waals surface area contributed by atoms with Crippen molar-refractivity contribution in [2.45, 2.75) is 23.4 Å². The Morgan fingerprint density at radius 2 is 1.03 bits per heavy atom. The van der Waals surface area contributed by atoms with E-state index in [9.17, 15) is 35.9 Å². The summed E-state index contributed by atoms with van der Waals surface area (Å²) >= 11 is 0. The Hall–Kier alpha value is -4.62. The van der Waals surface area contributed by atoms with Crippen molar-refractivity contribution in [1.29, 1.82) is 0 Å². The molecule has 2 unspecified atom stereocenters. The molecule has 8 nitrogen and oxygen atoms in total. The summed E-state index contributed by atoms with van der Waals surface area (Å²) in [5, 5.41) is 6.94. The number of hydrogen-bond donors (Lipinski definition) is 2. The third-order valence-corrected chi connectivity index (χ3v) is 5.92. The number of hydrogen-bond acceptors (Lipinski definition) is 8. The summed E-state index contributed by atoms with van der Waals surface area (Å²) in [7, 11) is 0. The average molecular weight is 552 g/mol. The van der Waals surface area contributed by atoms with Crippen molar-refractivity contribution in [2.24, 2.45) is 10.2 Å². The molecule has 4 rings (SSSR count). The van der Waals surface area contributed by atoms with Gasteiger partial charge in [0, 0.05) is 12.4 Å². The number of halogens is 6. The fourth-order valence-electron chi connectivity index (χ4n) is 3.82. The molecular formula is C25H18F6N4O4. The Labute approximate surface area is 216 Å². The van der Waals surface area contributed by atoms with Crippen LogP contribution in [0, 0.1) is 0 Å². The molecule has 0 radical (unpaired) electrons. The molecule has 2 aromatic rings. The van der Waals surface area contributed by atoms with Crippen LogP contribution < -0.4 is 10.9 Å². The zero-order valence-electron chi connectivity index (χ0n) is 19.6. The Balaban J connectivity index is 1.36. The number of carbonyl (C=O) groups is 2. The largest absolute Gasteiger partial charge is 0.424 e. The van der Waals surface area contributed by atoms with E-state index in [1.807, 2.05) is 10.9 Å². The maximum Gasteiger partial charge on any atom is 0.420 e. The van der Waals surface area contributed by atoms with E-state index >= 15 is 0 Å². The third kappa shape index (κ3) is 5.22. The van der Waals surface area contributed by atoms with Gasteiger partial charge in [-0.3, -0.25) is 10.9 Å². The van der Waals surface area contributed by atoms with E-state index in [1.165, 1.54) is 0 Å². The van der Waals surface area contributed by atoms with Crippen LogP contribution in [0.3, 0.4) is 0 Å². The lowest BCUT2D eigenvalue weighted by Gasteiger charge is -2.34. The van der Waals surface area contributed by atoms with E-state index in [-0.39, 0.29) is 22.3 Å². The summed E-state index contributed by atoms with van der Waals surface area (Å²) in [6.07, 6.45) is -3.10. The fraction of sp³-hybridized carbons (Fsp3) is 0.200. The van der Waals surface area contributed by atoms with Gasteiger partial charge in [0.05, 0.1) is 11.1 Å². The van der Waals surface area contributed by atoms with E-state index in [2.05, 4.69) is 10.2 Å². The minimum Gasteiger partial charge on any atom is -0.424 e. The summed E-state index contributed by atoms with van der Waals surface area (Å²) in [5.74, 6) is -1.97. The van der Waals surface area contributed by atoms with Crippen molar-refractivity contribution >= 4 is 24.4 Å². The van der Waals surface area contributed by atoms with Crippen LogP contribution in [-0.4, -0.2) is 43.5 Å². The van der Waals surface area contributed by atoms with Crippen molar-refractivity contribution < 1.29 is 45.4 Å². The maximum absolute atomic E-state index is 13.7. The Morgan fingerprint density at radius 3 is 1.31 bits per heavy atom. The molecule has 2 N–H and O–H groups in total. The molecule has 0 spiro atoms. The lowest BCUT2D eigenvalue weighted by atomic mass is 9.88. The van der Waals surface area contributed by atoms with E-state index in [0.717, 1.165) is 85.3 Å². The zero-order chi connectivity index (χ0) is 28.3. The van der Waals surface area contributed by atoms with Crippen LogP contribution in [0.15, 0.2) is 83.0 Å². The van der Waals surface area contributed by atoms with Crippen LogP contribution in [0.1, 0.15) is 31.8 Å². The summed E-state index contributed by atoms with van der Waals surface area (Å²) < 4.78 is 92.0. The lowest BCUT2D eigenvalue weighted by Crippen LogP contribution is -2.51. The number of allylic oxidation sites excluding steroid dienone is 2. The molecular weight excluding hydrogens is 534 g/mol. The molecule has 2 aromatic carbocycles. The van der Waals surface area contributed by atoms with E-state index in [0.29, 0.717) is 0 Å². The predicted octanol–water partition coefficient (Wildman–Crippen LogP) is 4.46. The minimum atomic E-state index is -4.74. The topological polar surface area (TPSA) is 101 Å². The Kier molecular flexibility index (Phi) is 7.22. The van der Waals surface area contributed by atoms with Gasteiger partial charge < -0.3 is 9.47 Å². The van der Waals surface area contributed by atoms with Crippen LogP contribution in [-0.2, 0) is 20.6 Å². The number of carbonyl (C=O) groups excluding carboxylic acids is 2. The molecule has 0 amide bonds. The number of nitrogens with zero attached hydrogens (tertiary/aromatic N) is 2. The molecule has 2 heterocycles. The van der Waals surface area contributed by atoms with Gasteiger partial charge in [0.1, 0.15) is 0 Å². The molecule has 0 aliphatic carbocycles. The summed E-state index contributed by atoms with van der Waals surface area (Å²) in [5.41, 5.74) is -1.76. The predicted molar refractivity (Wildman–Crippen MR) is 126 cm³/mol. The monoisotopic (exact) mass is 552 g/mol. The number of benzene rings is 2. The second-order valence-corrected chi connectivity index (χ2v) is 8.25. The van der Waals surface area contributed by atoms with Crippen LogP contribution >= 0.6 is 0 Å². The van der Waals surface area contributed by atoms with Gasteiger partial charge in [0.15, 0.2) is 11.1 Å². The average Bonchev–Trinajstić information content (AvgIpc) is 2.92. The first-order valence-corrected chi connectivity index (χ1v) is 11.0. The number of ether oxygens (including phenoxy) is 2. The van der Waals surface area contributed by atoms with Crippen molar-refractivity contribution in [1.82, 2.24) is 10.9 Å². The second kappa shape index (κ2) is 10.3. The maximum atomic E-state index is 13.7. The molecule has 2 aliphatic rings. The highest BCUT2D eigenvalue weighted by Crippen LogP contribution is 2.42. The third-order valence-electron chi connectivity index (χ3n) is 5.92. The van der Waals surface area contributed by atoms with Gasteiger partial charge in [-0.25, -0.2) is 9.59 Å². The number of alkyl halides is 6. The first-order valence-electron chi connectivity index (χ1n) is 11.0. The van der Waals surface area contributed by atoms with E-state index in [1.54, 1.807) is 0 Å². The zero-order valence-corrected chi connectivity index (χ0v) is 19.6. The first kappa shape index (κ1) is 27.4. The lowest BCUT2D eigenvalue weighted by molar-refractivity contribution is -0.186. The SMILES string of the molecule is O=C(OCOC(=O)c1ccc(C2(C(F)(F)F)C=CC=NN2)cc1)c1ccc(C2(C(F)(F)F)C=CC=NN2)cc1. The van der Waals surface area contributed by atoms with Gasteiger partial charge in [-0.2, -0.15) is 36.5 Å². The highest BCUT2D eigenvalue weighted by atomic mass is 19.4. The molecule has 2 atom stereocenters. The Morgan fingerprint density at radius 1 is 0.667 bits per heavy atom. The molecule has 0 saturated carbocycles. The van der Waals surface area contributed by atoms with Crippen molar-refractivity contribution in [3.05, 3.63) is 95.1 Å². The fourth-order valence-corrected chi connectivity index (χ4v) is 3.82. The van der Waals surface area contributed by atoms with Crippen LogP contribution in [0.5, 0.6) is 0 Å². The van der Waals surface area contributed by atoms with E-state index < -0.39 is 42.2 Å². The molecule has 14 heteroatoms. The summed E-state index contributed by atoms with van der Waals surface area (Å²) in [4.78, 5) is 24.5. The normalized spacial score (nSPS) is 22.1. The quantitative estimate of drug-likeness (QED) is 0.312. The van der Waals surface area contributed by atoms with Crippen LogP contribution in [0.2, 0.25) is 0 Å². The highest BCUT2D eigenvalue weighted by Gasteiger charge is 2.56. The molecule has 39 heavy (non-hydrogen) atoms. The molecule has 0 fully saturated rings. The van der Waals surface area contributed by atoms with Gasteiger partial charge >= 0.3 is 24.3 Å². The molecule has 0 aromatic heterocycles. The number of hydrazone groups is 2. The van der Waals surface area contributed by atoms with Gasteiger partial charge in [0.25, 0.3) is 0 Å². The summed E-state index contributed by atoms with van der Waals surface area (Å²) in [6, 6.07) is 8.72. The number of esters is 2. The van der Waals surface area contributed by atoms with Gasteiger partial charge in [-0.1, -0.05) is 24.3 Å². The Bertz CT molecular complexity index is 1250. The van der Waals surface area contributed by atoms with Crippen LogP contribution in [0.25, 0.3) is 0 Å². The number of rotatable bonds is 6. The molecule has 0 saturated heterocycles. The second-order valence-electron chi connectivity index (χ2n) is 8.25. The van der Waals surface area contributed by atoms with E-state index in [4.69, 9.17) is 9.47 Å². The molecule has 2 aliphatic heterocycles. The smallest absolute Gasteiger partial charge is 0.420 e. The first-order chi connectivity index (χ1) is 18.4.